The molecule has 1 unspecified atom stereocenters. The molecular weight excluding hydrogens is 258 g/mol. The first-order valence-corrected chi connectivity index (χ1v) is 6.43. The molecule has 1 aromatic heterocycles. The third kappa shape index (κ3) is 2.08. The molecule has 0 aliphatic carbocycles. The molecule has 0 bridgehead atoms. The second-order valence-corrected chi connectivity index (χ2v) is 4.69. The maximum atomic E-state index is 5.40. The zero-order valence-corrected chi connectivity index (χ0v) is 10.7. The van der Waals surface area contributed by atoms with Gasteiger partial charge in [-0.1, -0.05) is 15.9 Å². The second kappa shape index (κ2) is 4.61. The van der Waals surface area contributed by atoms with Crippen molar-refractivity contribution in [2.75, 3.05) is 13.2 Å². The first kappa shape index (κ1) is 11.1. The van der Waals surface area contributed by atoms with Crippen molar-refractivity contribution in [3.05, 3.63) is 11.6 Å². The van der Waals surface area contributed by atoms with Crippen molar-refractivity contribution >= 4 is 15.9 Å². The van der Waals surface area contributed by atoms with E-state index in [9.17, 15) is 0 Å². The van der Waals surface area contributed by atoms with Crippen LogP contribution >= 0.6 is 15.9 Å². The van der Waals surface area contributed by atoms with Crippen molar-refractivity contribution < 1.29 is 4.74 Å². The van der Waals surface area contributed by atoms with E-state index in [1.165, 1.54) is 0 Å². The third-order valence-electron chi connectivity index (χ3n) is 2.72. The summed E-state index contributed by atoms with van der Waals surface area (Å²) in [6.45, 7) is 5.95. The summed E-state index contributed by atoms with van der Waals surface area (Å²) in [5.41, 5.74) is 0. The minimum absolute atomic E-state index is 0.406. The fraction of sp³-hybridized carbons (Fsp3) is 0.800. The standard InChI is InChI=1S/C10H16BrN3O/c1-7(2)14-9(5-11)12-13-10(14)8-3-4-15-6-8/h7-8H,3-6H2,1-2H3. The number of halogens is 1. The monoisotopic (exact) mass is 273 g/mol. The smallest absolute Gasteiger partial charge is 0.143 e. The van der Waals surface area contributed by atoms with Crippen molar-refractivity contribution in [1.82, 2.24) is 14.8 Å². The molecule has 2 rings (SSSR count). The lowest BCUT2D eigenvalue weighted by atomic mass is 10.1. The Kier molecular flexibility index (Phi) is 3.41. The fourth-order valence-corrected chi connectivity index (χ4v) is 2.39. The number of ether oxygens (including phenoxy) is 1. The quantitative estimate of drug-likeness (QED) is 0.794. The van der Waals surface area contributed by atoms with Gasteiger partial charge in [-0.2, -0.15) is 0 Å². The van der Waals surface area contributed by atoms with Crippen LogP contribution in [0.3, 0.4) is 0 Å². The zero-order chi connectivity index (χ0) is 10.8. The summed E-state index contributed by atoms with van der Waals surface area (Å²) in [6.07, 6.45) is 1.06. The van der Waals surface area contributed by atoms with E-state index in [0.29, 0.717) is 12.0 Å². The van der Waals surface area contributed by atoms with Gasteiger partial charge in [0, 0.05) is 18.6 Å². The Morgan fingerprint density at radius 2 is 2.33 bits per heavy atom. The Morgan fingerprint density at radius 1 is 1.53 bits per heavy atom. The highest BCUT2D eigenvalue weighted by Gasteiger charge is 2.25. The molecule has 1 aliphatic heterocycles. The zero-order valence-electron chi connectivity index (χ0n) is 9.11. The van der Waals surface area contributed by atoms with E-state index in [-0.39, 0.29) is 0 Å². The Hall–Kier alpha value is -0.420. The van der Waals surface area contributed by atoms with Crippen LogP contribution in [0.25, 0.3) is 0 Å². The lowest BCUT2D eigenvalue weighted by Crippen LogP contribution is -2.13. The molecule has 5 heteroatoms. The minimum atomic E-state index is 0.406. The van der Waals surface area contributed by atoms with E-state index in [2.05, 4.69) is 44.5 Å². The molecule has 0 N–H and O–H groups in total. The molecule has 15 heavy (non-hydrogen) atoms. The maximum absolute atomic E-state index is 5.40. The lowest BCUT2D eigenvalue weighted by Gasteiger charge is -2.15. The number of alkyl halides is 1. The van der Waals surface area contributed by atoms with Gasteiger partial charge >= 0.3 is 0 Å². The van der Waals surface area contributed by atoms with Gasteiger partial charge < -0.3 is 9.30 Å². The molecule has 1 aromatic rings. The van der Waals surface area contributed by atoms with Gasteiger partial charge in [0.15, 0.2) is 0 Å². The number of aromatic nitrogens is 3. The average molecular weight is 274 g/mol. The van der Waals surface area contributed by atoms with Crippen molar-refractivity contribution in [3.63, 3.8) is 0 Å². The molecule has 84 valence electrons. The normalized spacial score (nSPS) is 21.5. The summed E-state index contributed by atoms with van der Waals surface area (Å²) < 4.78 is 7.61. The molecule has 1 fully saturated rings. The average Bonchev–Trinajstić information content (AvgIpc) is 2.85. The van der Waals surface area contributed by atoms with Gasteiger partial charge in [-0.3, -0.25) is 0 Å². The summed E-state index contributed by atoms with van der Waals surface area (Å²) in [5, 5.41) is 9.26. The van der Waals surface area contributed by atoms with Crippen molar-refractivity contribution in [1.29, 1.82) is 0 Å². The van der Waals surface area contributed by atoms with Crippen LogP contribution in [0.1, 0.15) is 43.9 Å². The summed E-state index contributed by atoms with van der Waals surface area (Å²) in [7, 11) is 0. The van der Waals surface area contributed by atoms with Gasteiger partial charge in [0.2, 0.25) is 0 Å². The van der Waals surface area contributed by atoms with E-state index in [1.54, 1.807) is 0 Å². The molecule has 4 nitrogen and oxygen atoms in total. The molecule has 1 saturated heterocycles. The Balaban J connectivity index is 2.33. The Morgan fingerprint density at radius 3 is 2.87 bits per heavy atom. The third-order valence-corrected chi connectivity index (χ3v) is 3.23. The van der Waals surface area contributed by atoms with E-state index in [1.807, 2.05) is 0 Å². The highest BCUT2D eigenvalue weighted by molar-refractivity contribution is 9.08. The van der Waals surface area contributed by atoms with Gasteiger partial charge in [-0.05, 0) is 20.3 Å². The van der Waals surface area contributed by atoms with Crippen LogP contribution in [0.2, 0.25) is 0 Å². The number of rotatable bonds is 3. The van der Waals surface area contributed by atoms with Crippen LogP contribution in [0.4, 0.5) is 0 Å². The van der Waals surface area contributed by atoms with Gasteiger partial charge in [0.1, 0.15) is 11.6 Å². The molecule has 1 aliphatic rings. The minimum Gasteiger partial charge on any atom is -0.381 e. The van der Waals surface area contributed by atoms with Crippen LogP contribution in [-0.4, -0.2) is 28.0 Å². The molecule has 0 aromatic carbocycles. The molecule has 1 atom stereocenters. The number of hydrogen-bond donors (Lipinski definition) is 0. The first-order valence-electron chi connectivity index (χ1n) is 5.31. The van der Waals surface area contributed by atoms with Crippen molar-refractivity contribution in [2.45, 2.75) is 37.6 Å². The van der Waals surface area contributed by atoms with Crippen LogP contribution in [0, 0.1) is 0 Å². The summed E-state index contributed by atoms with van der Waals surface area (Å²) in [6, 6.07) is 0.406. The van der Waals surface area contributed by atoms with E-state index in [4.69, 9.17) is 4.74 Å². The molecule has 0 spiro atoms. The molecule has 0 amide bonds. The maximum Gasteiger partial charge on any atom is 0.143 e. The molecule has 0 saturated carbocycles. The predicted molar refractivity (Wildman–Crippen MR) is 61.2 cm³/mol. The van der Waals surface area contributed by atoms with Crippen LogP contribution in [0.15, 0.2) is 0 Å². The second-order valence-electron chi connectivity index (χ2n) is 4.13. The van der Waals surface area contributed by atoms with Crippen LogP contribution < -0.4 is 0 Å². The SMILES string of the molecule is CC(C)n1c(CBr)nnc1C1CCOC1. The summed E-state index contributed by atoms with van der Waals surface area (Å²) >= 11 is 3.44. The van der Waals surface area contributed by atoms with E-state index >= 15 is 0 Å². The summed E-state index contributed by atoms with van der Waals surface area (Å²) in [5.74, 6) is 2.51. The highest BCUT2D eigenvalue weighted by Crippen LogP contribution is 2.27. The first-order chi connectivity index (χ1) is 7.24. The Labute approximate surface area is 98.2 Å². The summed E-state index contributed by atoms with van der Waals surface area (Å²) in [4.78, 5) is 0. The van der Waals surface area contributed by atoms with Crippen LogP contribution in [-0.2, 0) is 10.1 Å². The van der Waals surface area contributed by atoms with Crippen molar-refractivity contribution in [2.24, 2.45) is 0 Å². The number of hydrogen-bond acceptors (Lipinski definition) is 3. The predicted octanol–water partition coefficient (Wildman–Crippen LogP) is 2.26. The molecule has 2 heterocycles. The van der Waals surface area contributed by atoms with Gasteiger partial charge in [-0.25, -0.2) is 0 Å². The van der Waals surface area contributed by atoms with E-state index in [0.717, 1.165) is 36.6 Å². The molecular formula is C10H16BrN3O. The van der Waals surface area contributed by atoms with Crippen molar-refractivity contribution in [3.8, 4) is 0 Å². The lowest BCUT2D eigenvalue weighted by molar-refractivity contribution is 0.192. The Bertz CT molecular complexity index is 331. The van der Waals surface area contributed by atoms with Gasteiger partial charge in [0.25, 0.3) is 0 Å². The number of nitrogens with zero attached hydrogens (tertiary/aromatic N) is 3. The van der Waals surface area contributed by atoms with E-state index < -0.39 is 0 Å². The van der Waals surface area contributed by atoms with Gasteiger partial charge in [0.05, 0.1) is 11.9 Å². The largest absolute Gasteiger partial charge is 0.381 e. The molecule has 0 radical (unpaired) electrons. The van der Waals surface area contributed by atoms with Crippen LogP contribution in [0.5, 0.6) is 0 Å². The van der Waals surface area contributed by atoms with Gasteiger partial charge in [-0.15, -0.1) is 10.2 Å². The fourth-order valence-electron chi connectivity index (χ4n) is 2.01. The highest BCUT2D eigenvalue weighted by atomic mass is 79.9. The topological polar surface area (TPSA) is 39.9 Å².